The number of rotatable bonds is 2. The van der Waals surface area contributed by atoms with E-state index in [-0.39, 0.29) is 11.9 Å². The van der Waals surface area contributed by atoms with Gasteiger partial charge in [-0.05, 0) is 42.0 Å². The second kappa shape index (κ2) is 5.35. The van der Waals surface area contributed by atoms with E-state index in [2.05, 4.69) is 6.07 Å². The Morgan fingerprint density at radius 1 is 1.32 bits per heavy atom. The summed E-state index contributed by atoms with van der Waals surface area (Å²) in [7, 11) is 0. The van der Waals surface area contributed by atoms with Crippen molar-refractivity contribution in [1.29, 1.82) is 0 Å². The largest absolute Gasteiger partial charge is 0.331 e. The molecule has 0 radical (unpaired) electrons. The van der Waals surface area contributed by atoms with E-state index >= 15 is 0 Å². The summed E-state index contributed by atoms with van der Waals surface area (Å²) < 4.78 is 0. The number of hydrogen-bond donors (Lipinski definition) is 0. The first-order valence-electron chi connectivity index (χ1n) is 6.35. The summed E-state index contributed by atoms with van der Waals surface area (Å²) in [6.07, 6.45) is 2.06. The fraction of sp³-hybridized carbons (Fsp3) is 0.267. The highest BCUT2D eigenvalue weighted by Gasteiger charge is 2.30. The van der Waals surface area contributed by atoms with Gasteiger partial charge in [0, 0.05) is 11.6 Å². The molecule has 2 heterocycles. The lowest BCUT2D eigenvalue weighted by Crippen LogP contribution is -2.29. The van der Waals surface area contributed by atoms with Crippen LogP contribution in [0.2, 0.25) is 5.02 Å². The highest BCUT2D eigenvalue weighted by Crippen LogP contribution is 2.34. The van der Waals surface area contributed by atoms with Crippen LogP contribution in [0.5, 0.6) is 0 Å². The molecule has 3 rings (SSSR count). The SMILES string of the molecule is O=C(c1cccs1)N1CCCC1c1cccc(Cl)c1. The zero-order chi connectivity index (χ0) is 13.2. The molecule has 0 spiro atoms. The number of benzene rings is 1. The number of hydrogen-bond acceptors (Lipinski definition) is 2. The highest BCUT2D eigenvalue weighted by molar-refractivity contribution is 7.12. The average molecular weight is 292 g/mol. The maximum absolute atomic E-state index is 12.5. The van der Waals surface area contributed by atoms with E-state index in [0.717, 1.165) is 34.8 Å². The van der Waals surface area contributed by atoms with Crippen LogP contribution in [0.4, 0.5) is 0 Å². The van der Waals surface area contributed by atoms with E-state index in [4.69, 9.17) is 11.6 Å². The molecule has 2 nitrogen and oxygen atoms in total. The Morgan fingerprint density at radius 3 is 2.95 bits per heavy atom. The summed E-state index contributed by atoms with van der Waals surface area (Å²) in [5.74, 6) is 0.137. The normalized spacial score (nSPS) is 18.8. The van der Waals surface area contributed by atoms with Crippen LogP contribution in [0.1, 0.15) is 34.1 Å². The van der Waals surface area contributed by atoms with E-state index in [1.165, 1.54) is 11.3 Å². The Hall–Kier alpha value is -1.32. The topological polar surface area (TPSA) is 20.3 Å². The predicted octanol–water partition coefficient (Wildman–Crippen LogP) is 4.38. The molecule has 1 unspecified atom stereocenters. The zero-order valence-corrected chi connectivity index (χ0v) is 12.0. The minimum Gasteiger partial charge on any atom is -0.331 e. The van der Waals surface area contributed by atoms with E-state index in [1.54, 1.807) is 0 Å². The third-order valence-corrected chi connectivity index (χ3v) is 4.57. The van der Waals surface area contributed by atoms with E-state index in [9.17, 15) is 4.79 Å². The molecule has 1 aliphatic heterocycles. The van der Waals surface area contributed by atoms with Crippen LogP contribution in [0.25, 0.3) is 0 Å². The Bertz CT molecular complexity index is 582. The molecule has 1 amide bonds. The Morgan fingerprint density at radius 2 is 2.21 bits per heavy atom. The molecule has 2 aromatic rings. The van der Waals surface area contributed by atoms with Crippen LogP contribution < -0.4 is 0 Å². The van der Waals surface area contributed by atoms with E-state index in [0.29, 0.717) is 0 Å². The van der Waals surface area contributed by atoms with Crippen molar-refractivity contribution >= 4 is 28.8 Å². The van der Waals surface area contributed by atoms with Crippen molar-refractivity contribution in [2.45, 2.75) is 18.9 Å². The van der Waals surface area contributed by atoms with Gasteiger partial charge in [-0.25, -0.2) is 0 Å². The second-order valence-electron chi connectivity index (χ2n) is 4.69. The smallest absolute Gasteiger partial charge is 0.264 e. The van der Waals surface area contributed by atoms with Crippen LogP contribution in [-0.2, 0) is 0 Å². The molecule has 98 valence electrons. The highest BCUT2D eigenvalue weighted by atomic mass is 35.5. The summed E-state index contributed by atoms with van der Waals surface area (Å²) in [5, 5.41) is 2.67. The fourth-order valence-electron chi connectivity index (χ4n) is 2.61. The average Bonchev–Trinajstić information content (AvgIpc) is 3.09. The van der Waals surface area contributed by atoms with Crippen LogP contribution in [0, 0.1) is 0 Å². The molecule has 0 N–H and O–H groups in total. The minimum absolute atomic E-state index is 0.137. The van der Waals surface area contributed by atoms with Crippen molar-refractivity contribution in [3.05, 3.63) is 57.2 Å². The first-order valence-corrected chi connectivity index (χ1v) is 7.61. The van der Waals surface area contributed by atoms with Crippen LogP contribution >= 0.6 is 22.9 Å². The maximum atomic E-state index is 12.5. The van der Waals surface area contributed by atoms with Crippen LogP contribution in [0.15, 0.2) is 41.8 Å². The van der Waals surface area contributed by atoms with Crippen molar-refractivity contribution in [3.8, 4) is 0 Å². The van der Waals surface area contributed by atoms with Gasteiger partial charge in [-0.2, -0.15) is 0 Å². The molecule has 1 aromatic carbocycles. The molecule has 1 aromatic heterocycles. The summed E-state index contributed by atoms with van der Waals surface area (Å²) in [6, 6.07) is 11.8. The lowest BCUT2D eigenvalue weighted by Gasteiger charge is -2.24. The van der Waals surface area contributed by atoms with Gasteiger partial charge in [0.05, 0.1) is 10.9 Å². The molecule has 0 aliphatic carbocycles. The van der Waals surface area contributed by atoms with Crippen molar-refractivity contribution in [3.63, 3.8) is 0 Å². The third kappa shape index (κ3) is 2.53. The van der Waals surface area contributed by atoms with Crippen LogP contribution in [-0.4, -0.2) is 17.4 Å². The van der Waals surface area contributed by atoms with Gasteiger partial charge in [-0.3, -0.25) is 4.79 Å². The molecule has 19 heavy (non-hydrogen) atoms. The van der Waals surface area contributed by atoms with Crippen molar-refractivity contribution in [2.24, 2.45) is 0 Å². The maximum Gasteiger partial charge on any atom is 0.264 e. The number of carbonyl (C=O) groups is 1. The molecule has 1 saturated heterocycles. The Labute approximate surface area is 121 Å². The van der Waals surface area contributed by atoms with Crippen molar-refractivity contribution in [1.82, 2.24) is 4.90 Å². The van der Waals surface area contributed by atoms with Gasteiger partial charge in [0.2, 0.25) is 0 Å². The summed E-state index contributed by atoms with van der Waals surface area (Å²) in [4.78, 5) is 15.3. The Balaban J connectivity index is 1.88. The summed E-state index contributed by atoms with van der Waals surface area (Å²) >= 11 is 7.55. The molecular formula is C15H14ClNOS. The molecule has 4 heteroatoms. The van der Waals surface area contributed by atoms with Gasteiger partial charge in [-0.1, -0.05) is 29.8 Å². The van der Waals surface area contributed by atoms with Gasteiger partial charge < -0.3 is 4.90 Å². The molecule has 0 saturated carbocycles. The summed E-state index contributed by atoms with van der Waals surface area (Å²) in [6.45, 7) is 0.827. The van der Waals surface area contributed by atoms with E-state index in [1.807, 2.05) is 40.6 Å². The lowest BCUT2D eigenvalue weighted by atomic mass is 10.0. The fourth-order valence-corrected chi connectivity index (χ4v) is 3.49. The quantitative estimate of drug-likeness (QED) is 0.804. The Kier molecular flexibility index (Phi) is 3.58. The second-order valence-corrected chi connectivity index (χ2v) is 6.07. The standard InChI is InChI=1S/C15H14ClNOS/c16-12-5-1-4-11(10-12)13-6-2-8-17(13)15(18)14-7-3-9-19-14/h1,3-5,7,9-10,13H,2,6,8H2. The number of halogens is 1. The minimum atomic E-state index is 0.137. The van der Waals surface area contributed by atoms with E-state index < -0.39 is 0 Å². The zero-order valence-electron chi connectivity index (χ0n) is 10.4. The first-order chi connectivity index (χ1) is 9.25. The van der Waals surface area contributed by atoms with Gasteiger partial charge >= 0.3 is 0 Å². The number of amides is 1. The third-order valence-electron chi connectivity index (χ3n) is 3.48. The number of thiophene rings is 1. The molecule has 1 fully saturated rings. The number of carbonyl (C=O) groups excluding carboxylic acids is 1. The number of likely N-dealkylation sites (tertiary alicyclic amines) is 1. The van der Waals surface area contributed by atoms with Crippen molar-refractivity contribution < 1.29 is 4.79 Å². The first kappa shape index (κ1) is 12.7. The van der Waals surface area contributed by atoms with Crippen LogP contribution in [0.3, 0.4) is 0 Å². The van der Waals surface area contributed by atoms with Gasteiger partial charge in [0.1, 0.15) is 0 Å². The molecular weight excluding hydrogens is 278 g/mol. The number of nitrogens with zero attached hydrogens (tertiary/aromatic N) is 1. The predicted molar refractivity (Wildman–Crippen MR) is 78.8 cm³/mol. The molecule has 0 bridgehead atoms. The summed E-state index contributed by atoms with van der Waals surface area (Å²) in [5.41, 5.74) is 1.13. The van der Waals surface area contributed by atoms with Crippen molar-refractivity contribution in [2.75, 3.05) is 6.54 Å². The van der Waals surface area contributed by atoms with Gasteiger partial charge in [0.15, 0.2) is 0 Å². The van der Waals surface area contributed by atoms with Gasteiger partial charge in [-0.15, -0.1) is 11.3 Å². The lowest BCUT2D eigenvalue weighted by molar-refractivity contribution is 0.0740. The molecule has 1 aliphatic rings. The monoisotopic (exact) mass is 291 g/mol. The molecule has 1 atom stereocenters. The van der Waals surface area contributed by atoms with Gasteiger partial charge in [0.25, 0.3) is 5.91 Å².